The maximum atomic E-state index is 4.57. The first kappa shape index (κ1) is 18.1. The Morgan fingerprint density at radius 1 is 1.27 bits per heavy atom. The molecule has 0 fully saturated rings. The highest BCUT2D eigenvalue weighted by atomic mass is 32.1. The van der Waals surface area contributed by atoms with Gasteiger partial charge in [0.15, 0.2) is 5.96 Å². The van der Waals surface area contributed by atoms with E-state index in [-0.39, 0.29) is 0 Å². The minimum absolute atomic E-state index is 0.680. The lowest BCUT2D eigenvalue weighted by Crippen LogP contribution is -2.37. The van der Waals surface area contributed by atoms with Gasteiger partial charge in [-0.3, -0.25) is 4.99 Å². The van der Waals surface area contributed by atoms with Crippen LogP contribution < -0.4 is 5.32 Å². The maximum absolute atomic E-state index is 4.57. The van der Waals surface area contributed by atoms with Crippen molar-refractivity contribution in [1.82, 2.24) is 25.0 Å². The number of aromatic nitrogens is 3. The summed E-state index contributed by atoms with van der Waals surface area (Å²) < 4.78 is 1.89. The van der Waals surface area contributed by atoms with Gasteiger partial charge in [0.05, 0.1) is 24.1 Å². The predicted molar refractivity (Wildman–Crippen MR) is 107 cm³/mol. The Labute approximate surface area is 158 Å². The van der Waals surface area contributed by atoms with Gasteiger partial charge in [0, 0.05) is 37.3 Å². The minimum atomic E-state index is 0.680. The fourth-order valence-electron chi connectivity index (χ4n) is 2.67. The number of nitrogens with zero attached hydrogens (tertiary/aromatic N) is 5. The van der Waals surface area contributed by atoms with Gasteiger partial charge in [-0.25, -0.2) is 9.67 Å². The molecular weight excluding hydrogens is 344 g/mol. The molecule has 0 aliphatic carbocycles. The van der Waals surface area contributed by atoms with Gasteiger partial charge in [-0.05, 0) is 26.0 Å². The van der Waals surface area contributed by atoms with Gasteiger partial charge in [0.1, 0.15) is 5.01 Å². The Kier molecular flexibility index (Phi) is 5.68. The first-order valence-corrected chi connectivity index (χ1v) is 9.32. The van der Waals surface area contributed by atoms with E-state index in [1.165, 1.54) is 4.88 Å². The minimum Gasteiger partial charge on any atom is -0.350 e. The second-order valence-corrected chi connectivity index (χ2v) is 7.42. The van der Waals surface area contributed by atoms with E-state index >= 15 is 0 Å². The number of aryl methyl sites for hydroxylation is 2. The van der Waals surface area contributed by atoms with Gasteiger partial charge in [0.25, 0.3) is 0 Å². The van der Waals surface area contributed by atoms with E-state index in [4.69, 9.17) is 0 Å². The number of rotatable bonds is 5. The van der Waals surface area contributed by atoms with Crippen LogP contribution in [0.15, 0.2) is 47.7 Å². The average molecular weight is 369 g/mol. The molecule has 26 heavy (non-hydrogen) atoms. The number of hydrogen-bond acceptors (Lipinski definition) is 4. The Morgan fingerprint density at radius 3 is 2.69 bits per heavy atom. The molecule has 7 heteroatoms. The van der Waals surface area contributed by atoms with Crippen molar-refractivity contribution in [3.63, 3.8) is 0 Å². The van der Waals surface area contributed by atoms with Crippen molar-refractivity contribution in [3.8, 4) is 5.69 Å². The molecule has 0 radical (unpaired) electrons. The summed E-state index contributed by atoms with van der Waals surface area (Å²) in [5.74, 6) is 0.836. The number of nitrogens with one attached hydrogen (secondary N) is 1. The highest BCUT2D eigenvalue weighted by Gasteiger charge is 2.10. The fraction of sp³-hybridized carbons (Fsp3) is 0.316. The van der Waals surface area contributed by atoms with Crippen molar-refractivity contribution < 1.29 is 0 Å². The molecule has 6 nitrogen and oxygen atoms in total. The SMILES string of the molecule is CN=C(NCc1nc(C)c(C)s1)N(C)Cc1cnn(-c2ccccc2)c1. The molecule has 2 aromatic heterocycles. The smallest absolute Gasteiger partial charge is 0.194 e. The van der Waals surface area contributed by atoms with Crippen molar-refractivity contribution in [1.29, 1.82) is 0 Å². The zero-order valence-electron chi connectivity index (χ0n) is 15.6. The number of hydrogen-bond donors (Lipinski definition) is 1. The lowest BCUT2D eigenvalue weighted by atomic mass is 10.3. The zero-order valence-corrected chi connectivity index (χ0v) is 16.4. The van der Waals surface area contributed by atoms with E-state index in [9.17, 15) is 0 Å². The van der Waals surface area contributed by atoms with E-state index in [1.807, 2.05) is 61.4 Å². The molecule has 0 atom stereocenters. The van der Waals surface area contributed by atoms with Crippen LogP contribution in [0.25, 0.3) is 5.69 Å². The molecule has 0 unspecified atom stereocenters. The Hall–Kier alpha value is -2.67. The average Bonchev–Trinajstić information content (AvgIpc) is 3.23. The molecule has 0 aliphatic rings. The van der Waals surface area contributed by atoms with Gasteiger partial charge in [-0.1, -0.05) is 18.2 Å². The normalized spacial score (nSPS) is 11.6. The summed E-state index contributed by atoms with van der Waals surface area (Å²) in [5, 5.41) is 8.91. The lowest BCUT2D eigenvalue weighted by molar-refractivity contribution is 0.476. The number of benzene rings is 1. The van der Waals surface area contributed by atoms with Crippen LogP contribution in [0.4, 0.5) is 0 Å². The summed E-state index contributed by atoms with van der Waals surface area (Å²) in [6, 6.07) is 10.1. The van der Waals surface area contributed by atoms with Crippen molar-refractivity contribution in [2.45, 2.75) is 26.9 Å². The van der Waals surface area contributed by atoms with Crippen LogP contribution in [-0.2, 0) is 13.1 Å². The molecule has 3 aromatic rings. The van der Waals surface area contributed by atoms with Crippen molar-refractivity contribution >= 4 is 17.3 Å². The zero-order chi connectivity index (χ0) is 18.5. The molecule has 0 amide bonds. The largest absolute Gasteiger partial charge is 0.350 e. The van der Waals surface area contributed by atoms with Gasteiger partial charge >= 0.3 is 0 Å². The summed E-state index contributed by atoms with van der Waals surface area (Å²) in [6.07, 6.45) is 3.94. The molecule has 0 aliphatic heterocycles. The summed E-state index contributed by atoms with van der Waals surface area (Å²) in [7, 11) is 3.82. The Balaban J connectivity index is 1.61. The highest BCUT2D eigenvalue weighted by Crippen LogP contribution is 2.16. The molecule has 1 aromatic carbocycles. The number of thiazole rings is 1. The number of aliphatic imine (C=N–C) groups is 1. The fourth-order valence-corrected chi connectivity index (χ4v) is 3.54. The summed E-state index contributed by atoms with van der Waals surface area (Å²) in [5.41, 5.74) is 3.28. The molecule has 0 saturated carbocycles. The van der Waals surface area contributed by atoms with Gasteiger partial charge in [-0.15, -0.1) is 11.3 Å². The third-order valence-electron chi connectivity index (χ3n) is 4.12. The third-order valence-corrected chi connectivity index (χ3v) is 5.19. The van der Waals surface area contributed by atoms with Crippen LogP contribution in [0.3, 0.4) is 0 Å². The third kappa shape index (κ3) is 4.29. The van der Waals surface area contributed by atoms with Crippen molar-refractivity contribution in [3.05, 3.63) is 63.9 Å². The van der Waals surface area contributed by atoms with E-state index in [0.29, 0.717) is 6.54 Å². The maximum Gasteiger partial charge on any atom is 0.194 e. The molecular formula is C19H24N6S. The Morgan fingerprint density at radius 2 is 2.04 bits per heavy atom. The van der Waals surface area contributed by atoms with Crippen LogP contribution in [0.1, 0.15) is 21.1 Å². The van der Waals surface area contributed by atoms with E-state index in [1.54, 1.807) is 18.4 Å². The molecule has 0 spiro atoms. The van der Waals surface area contributed by atoms with Crippen LogP contribution in [0, 0.1) is 13.8 Å². The predicted octanol–water partition coefficient (Wildman–Crippen LogP) is 3.15. The van der Waals surface area contributed by atoms with Crippen LogP contribution >= 0.6 is 11.3 Å². The lowest BCUT2D eigenvalue weighted by Gasteiger charge is -2.21. The summed E-state index contributed by atoms with van der Waals surface area (Å²) >= 11 is 1.72. The first-order valence-electron chi connectivity index (χ1n) is 8.50. The van der Waals surface area contributed by atoms with Gasteiger partial charge in [-0.2, -0.15) is 5.10 Å². The summed E-state index contributed by atoms with van der Waals surface area (Å²) in [6.45, 7) is 5.55. The first-order chi connectivity index (χ1) is 12.6. The molecule has 2 heterocycles. The molecule has 1 N–H and O–H groups in total. The molecule has 0 bridgehead atoms. The van der Waals surface area contributed by atoms with Crippen molar-refractivity contribution in [2.75, 3.05) is 14.1 Å². The van der Waals surface area contributed by atoms with Gasteiger partial charge in [0.2, 0.25) is 0 Å². The Bertz CT molecular complexity index is 861. The van der Waals surface area contributed by atoms with E-state index in [0.717, 1.165) is 34.5 Å². The van der Waals surface area contributed by atoms with Crippen LogP contribution in [-0.4, -0.2) is 39.7 Å². The van der Waals surface area contributed by atoms with Gasteiger partial charge < -0.3 is 10.2 Å². The second kappa shape index (κ2) is 8.14. The quantitative estimate of drug-likeness (QED) is 0.555. The second-order valence-electron chi connectivity index (χ2n) is 6.13. The van der Waals surface area contributed by atoms with Crippen LogP contribution in [0.2, 0.25) is 0 Å². The summed E-state index contributed by atoms with van der Waals surface area (Å²) in [4.78, 5) is 12.3. The van der Waals surface area contributed by atoms with E-state index < -0.39 is 0 Å². The van der Waals surface area contributed by atoms with Crippen molar-refractivity contribution in [2.24, 2.45) is 4.99 Å². The number of para-hydroxylation sites is 1. The standard InChI is InChI=1S/C19H24N6S/c1-14-15(2)26-18(23-14)11-21-19(20-3)24(4)12-16-10-22-25(13-16)17-8-6-5-7-9-17/h5-10,13H,11-12H2,1-4H3,(H,20,21). The highest BCUT2D eigenvalue weighted by molar-refractivity contribution is 7.11. The molecule has 136 valence electrons. The molecule has 3 rings (SSSR count). The monoisotopic (exact) mass is 368 g/mol. The van der Waals surface area contributed by atoms with Crippen LogP contribution in [0.5, 0.6) is 0 Å². The molecule has 0 saturated heterocycles. The number of guanidine groups is 1. The topological polar surface area (TPSA) is 58.3 Å². The van der Waals surface area contributed by atoms with E-state index in [2.05, 4.69) is 32.2 Å².